The minimum absolute atomic E-state index is 0.221. The number of unbranched alkanes of at least 4 members (excludes halogenated alkanes) is 1. The second-order valence-corrected chi connectivity index (χ2v) is 3.83. The number of halogens is 1. The van der Waals surface area contributed by atoms with Crippen LogP contribution in [0.1, 0.15) is 18.4 Å². The molecular formula is C12H16FNO2. The molecular weight excluding hydrogens is 209 g/mol. The van der Waals surface area contributed by atoms with Gasteiger partial charge in [0.15, 0.2) is 11.5 Å². The molecule has 2 rings (SSSR count). The summed E-state index contributed by atoms with van der Waals surface area (Å²) in [5.74, 6) is 0.933. The summed E-state index contributed by atoms with van der Waals surface area (Å²) in [5.41, 5.74) is 6.08. The van der Waals surface area contributed by atoms with Crippen molar-refractivity contribution in [3.8, 4) is 11.5 Å². The number of fused-ring (bicyclic) bond motifs is 1. The van der Waals surface area contributed by atoms with Crippen molar-refractivity contribution in [2.75, 3.05) is 19.8 Å². The van der Waals surface area contributed by atoms with E-state index in [4.69, 9.17) is 15.2 Å². The van der Waals surface area contributed by atoms with Gasteiger partial charge in [-0.2, -0.15) is 0 Å². The number of nitrogens with two attached hydrogens (primary N) is 1. The summed E-state index contributed by atoms with van der Waals surface area (Å²) < 4.78 is 24.3. The van der Waals surface area contributed by atoms with Gasteiger partial charge in [-0.05, 0) is 37.4 Å². The Labute approximate surface area is 94.3 Å². The van der Waals surface area contributed by atoms with E-state index in [1.807, 2.05) is 0 Å². The molecule has 2 N–H and O–H groups in total. The normalized spacial score (nSPS) is 13.9. The molecule has 0 amide bonds. The van der Waals surface area contributed by atoms with E-state index < -0.39 is 0 Å². The van der Waals surface area contributed by atoms with Crippen LogP contribution in [0.5, 0.6) is 11.5 Å². The molecule has 0 radical (unpaired) electrons. The van der Waals surface area contributed by atoms with Crippen molar-refractivity contribution in [2.24, 2.45) is 5.73 Å². The molecule has 1 aliphatic rings. The second kappa shape index (κ2) is 5.16. The molecule has 0 unspecified atom stereocenters. The largest absolute Gasteiger partial charge is 0.486 e. The zero-order valence-electron chi connectivity index (χ0n) is 9.17. The first-order chi connectivity index (χ1) is 7.81. The minimum atomic E-state index is -0.221. The van der Waals surface area contributed by atoms with Gasteiger partial charge in [-0.25, -0.2) is 4.39 Å². The Bertz CT molecular complexity index is 368. The summed E-state index contributed by atoms with van der Waals surface area (Å²) in [6.07, 6.45) is 2.50. The lowest BCUT2D eigenvalue weighted by atomic mass is 10.1. The van der Waals surface area contributed by atoms with Crippen molar-refractivity contribution in [1.29, 1.82) is 0 Å². The molecule has 4 heteroatoms. The van der Waals surface area contributed by atoms with Crippen molar-refractivity contribution in [3.63, 3.8) is 0 Å². The van der Waals surface area contributed by atoms with E-state index in [-0.39, 0.29) is 5.82 Å². The maximum absolute atomic E-state index is 13.6. The molecule has 0 atom stereocenters. The first-order valence-electron chi connectivity index (χ1n) is 5.59. The van der Waals surface area contributed by atoms with Crippen LogP contribution in [0.4, 0.5) is 4.39 Å². The summed E-state index contributed by atoms with van der Waals surface area (Å²) in [6.45, 7) is 1.66. The van der Waals surface area contributed by atoms with E-state index >= 15 is 0 Å². The Balaban J connectivity index is 2.12. The third-order valence-corrected chi connectivity index (χ3v) is 2.61. The van der Waals surface area contributed by atoms with Gasteiger partial charge < -0.3 is 15.2 Å². The van der Waals surface area contributed by atoms with Crippen LogP contribution in [0.2, 0.25) is 0 Å². The summed E-state index contributed by atoms with van der Waals surface area (Å²) in [6, 6.07) is 3.15. The van der Waals surface area contributed by atoms with Crippen LogP contribution in [-0.4, -0.2) is 19.8 Å². The van der Waals surface area contributed by atoms with Gasteiger partial charge in [0.2, 0.25) is 0 Å². The molecule has 0 aromatic heterocycles. The Morgan fingerprint density at radius 1 is 1.12 bits per heavy atom. The van der Waals surface area contributed by atoms with Crippen molar-refractivity contribution in [2.45, 2.75) is 19.3 Å². The molecule has 0 aliphatic carbocycles. The third kappa shape index (κ3) is 2.44. The number of ether oxygens (including phenoxy) is 2. The van der Waals surface area contributed by atoms with E-state index in [0.717, 1.165) is 12.8 Å². The molecule has 0 saturated heterocycles. The number of aryl methyl sites for hydroxylation is 1. The summed E-state index contributed by atoms with van der Waals surface area (Å²) >= 11 is 0. The molecule has 3 nitrogen and oxygen atoms in total. The number of hydrogen-bond donors (Lipinski definition) is 1. The van der Waals surface area contributed by atoms with Crippen molar-refractivity contribution in [3.05, 3.63) is 23.5 Å². The fourth-order valence-electron chi connectivity index (χ4n) is 1.76. The summed E-state index contributed by atoms with van der Waals surface area (Å²) in [7, 11) is 0. The topological polar surface area (TPSA) is 44.5 Å². The SMILES string of the molecule is NCCCCc1cc2c(cc1F)OCCO2. The lowest BCUT2D eigenvalue weighted by Gasteiger charge is -2.19. The molecule has 1 heterocycles. The van der Waals surface area contributed by atoms with E-state index in [9.17, 15) is 4.39 Å². The van der Waals surface area contributed by atoms with Crippen LogP contribution in [-0.2, 0) is 6.42 Å². The molecule has 1 aliphatic heterocycles. The number of benzene rings is 1. The predicted molar refractivity (Wildman–Crippen MR) is 59.4 cm³/mol. The number of hydrogen-bond acceptors (Lipinski definition) is 3. The Morgan fingerprint density at radius 3 is 2.50 bits per heavy atom. The van der Waals surface area contributed by atoms with Gasteiger partial charge in [-0.3, -0.25) is 0 Å². The van der Waals surface area contributed by atoms with Gasteiger partial charge >= 0.3 is 0 Å². The lowest BCUT2D eigenvalue weighted by molar-refractivity contribution is 0.170. The average molecular weight is 225 g/mol. The van der Waals surface area contributed by atoms with Crippen LogP contribution in [0.25, 0.3) is 0 Å². The maximum atomic E-state index is 13.6. The Kier molecular flexibility index (Phi) is 3.62. The molecule has 0 fully saturated rings. The van der Waals surface area contributed by atoms with Gasteiger partial charge in [-0.15, -0.1) is 0 Å². The molecule has 16 heavy (non-hydrogen) atoms. The van der Waals surface area contributed by atoms with Gasteiger partial charge in [0, 0.05) is 6.07 Å². The highest BCUT2D eigenvalue weighted by molar-refractivity contribution is 5.44. The molecule has 0 bridgehead atoms. The van der Waals surface area contributed by atoms with Crippen molar-refractivity contribution in [1.82, 2.24) is 0 Å². The number of rotatable bonds is 4. The summed E-state index contributed by atoms with van der Waals surface area (Å²) in [4.78, 5) is 0. The highest BCUT2D eigenvalue weighted by Crippen LogP contribution is 2.33. The first kappa shape index (κ1) is 11.2. The van der Waals surface area contributed by atoms with Crippen LogP contribution < -0.4 is 15.2 Å². The minimum Gasteiger partial charge on any atom is -0.486 e. The van der Waals surface area contributed by atoms with Gasteiger partial charge in [0.1, 0.15) is 19.0 Å². The van der Waals surface area contributed by atoms with E-state index in [1.54, 1.807) is 6.07 Å². The van der Waals surface area contributed by atoms with Crippen LogP contribution in [0, 0.1) is 5.82 Å². The zero-order valence-corrected chi connectivity index (χ0v) is 9.17. The highest BCUT2D eigenvalue weighted by atomic mass is 19.1. The van der Waals surface area contributed by atoms with Gasteiger partial charge in [-0.1, -0.05) is 0 Å². The second-order valence-electron chi connectivity index (χ2n) is 3.83. The predicted octanol–water partition coefficient (Wildman–Crippen LogP) is 1.88. The first-order valence-corrected chi connectivity index (χ1v) is 5.59. The quantitative estimate of drug-likeness (QED) is 0.796. The monoisotopic (exact) mass is 225 g/mol. The summed E-state index contributed by atoms with van der Waals surface area (Å²) in [5, 5.41) is 0. The smallest absolute Gasteiger partial charge is 0.164 e. The van der Waals surface area contributed by atoms with Crippen LogP contribution in [0.15, 0.2) is 12.1 Å². The van der Waals surface area contributed by atoms with Crippen molar-refractivity contribution >= 4 is 0 Å². The standard InChI is InChI=1S/C12H16FNO2/c13-10-8-12-11(15-5-6-16-12)7-9(10)3-1-2-4-14/h7-8H,1-6,14H2. The van der Waals surface area contributed by atoms with E-state index in [0.29, 0.717) is 43.2 Å². The van der Waals surface area contributed by atoms with Crippen molar-refractivity contribution < 1.29 is 13.9 Å². The van der Waals surface area contributed by atoms with Gasteiger partial charge in [0.05, 0.1) is 0 Å². The fourth-order valence-corrected chi connectivity index (χ4v) is 1.76. The molecule has 0 spiro atoms. The highest BCUT2D eigenvalue weighted by Gasteiger charge is 2.15. The fraction of sp³-hybridized carbons (Fsp3) is 0.500. The average Bonchev–Trinajstić information content (AvgIpc) is 2.30. The molecule has 0 saturated carbocycles. The lowest BCUT2D eigenvalue weighted by Crippen LogP contribution is -2.16. The Hall–Kier alpha value is -1.29. The van der Waals surface area contributed by atoms with E-state index in [1.165, 1.54) is 6.07 Å². The van der Waals surface area contributed by atoms with Crippen LogP contribution in [0.3, 0.4) is 0 Å². The van der Waals surface area contributed by atoms with Crippen LogP contribution >= 0.6 is 0 Å². The zero-order chi connectivity index (χ0) is 11.4. The van der Waals surface area contributed by atoms with E-state index in [2.05, 4.69) is 0 Å². The molecule has 1 aromatic rings. The van der Waals surface area contributed by atoms with Gasteiger partial charge in [0.25, 0.3) is 0 Å². The maximum Gasteiger partial charge on any atom is 0.164 e. The molecule has 1 aromatic carbocycles. The third-order valence-electron chi connectivity index (χ3n) is 2.61. The Morgan fingerprint density at radius 2 is 1.81 bits per heavy atom. The molecule has 88 valence electrons.